The van der Waals surface area contributed by atoms with Crippen molar-refractivity contribution in [1.29, 1.82) is 0 Å². The summed E-state index contributed by atoms with van der Waals surface area (Å²) in [5, 5.41) is 10.8. The average molecular weight is 290 g/mol. The quantitative estimate of drug-likeness (QED) is 0.880. The Morgan fingerprint density at radius 1 is 1.38 bits per heavy atom. The molecular formula is C16H22N2O3. The number of benzene rings is 1. The van der Waals surface area contributed by atoms with Crippen LogP contribution in [0, 0.1) is 0 Å². The van der Waals surface area contributed by atoms with Gasteiger partial charge in [0.05, 0.1) is 0 Å². The van der Waals surface area contributed by atoms with E-state index in [0.29, 0.717) is 24.4 Å². The number of aliphatic carboxylic acids is 1. The molecule has 2 saturated heterocycles. The second-order valence-electron chi connectivity index (χ2n) is 5.46. The molecule has 5 heteroatoms. The minimum Gasteiger partial charge on any atom is -0.481 e. The molecule has 2 aliphatic rings. The molecule has 0 saturated carbocycles. The van der Waals surface area contributed by atoms with Crippen LogP contribution in [0.1, 0.15) is 25.3 Å². The Balaban J connectivity index is 0.000000361. The summed E-state index contributed by atoms with van der Waals surface area (Å²) in [6, 6.07) is 11.3. The van der Waals surface area contributed by atoms with Crippen molar-refractivity contribution in [2.24, 2.45) is 0 Å². The second kappa shape index (κ2) is 7.22. The smallest absolute Gasteiger partial charge is 0.300 e. The van der Waals surface area contributed by atoms with Crippen LogP contribution in [0.3, 0.4) is 0 Å². The molecule has 1 aromatic rings. The molecular weight excluding hydrogens is 268 g/mol. The zero-order valence-electron chi connectivity index (χ0n) is 12.3. The SMILES string of the molecule is CC(=O)O.O=C1C[C@H]2NCC[C@H]2N1CCc1ccccc1. The highest BCUT2D eigenvalue weighted by atomic mass is 16.4. The third-order valence-corrected chi connectivity index (χ3v) is 3.91. The summed E-state index contributed by atoms with van der Waals surface area (Å²) in [5.74, 6) is -0.511. The lowest BCUT2D eigenvalue weighted by Gasteiger charge is -2.23. The number of carboxylic acids is 1. The first kappa shape index (κ1) is 15.5. The number of fused-ring (bicyclic) bond motifs is 1. The van der Waals surface area contributed by atoms with Crippen molar-refractivity contribution in [3.8, 4) is 0 Å². The summed E-state index contributed by atoms with van der Waals surface area (Å²) in [5.41, 5.74) is 1.31. The molecule has 2 heterocycles. The van der Waals surface area contributed by atoms with Crippen molar-refractivity contribution in [1.82, 2.24) is 10.2 Å². The van der Waals surface area contributed by atoms with Gasteiger partial charge in [0.1, 0.15) is 0 Å². The third kappa shape index (κ3) is 4.29. The van der Waals surface area contributed by atoms with E-state index in [1.54, 1.807) is 0 Å². The predicted molar refractivity (Wildman–Crippen MR) is 80.0 cm³/mol. The van der Waals surface area contributed by atoms with Crippen molar-refractivity contribution in [3.63, 3.8) is 0 Å². The lowest BCUT2D eigenvalue weighted by molar-refractivity contribution is -0.134. The molecule has 1 aromatic carbocycles. The number of carbonyl (C=O) groups excluding carboxylic acids is 1. The Bertz CT molecular complexity index is 486. The number of carboxylic acid groups (broad SMARTS) is 1. The van der Waals surface area contributed by atoms with Crippen LogP contribution in [0.5, 0.6) is 0 Å². The van der Waals surface area contributed by atoms with Crippen LogP contribution in [0.4, 0.5) is 0 Å². The van der Waals surface area contributed by atoms with Gasteiger partial charge >= 0.3 is 0 Å². The maximum atomic E-state index is 11.9. The first-order valence-corrected chi connectivity index (χ1v) is 7.34. The first-order chi connectivity index (χ1) is 10.1. The summed E-state index contributed by atoms with van der Waals surface area (Å²) in [7, 11) is 0. The Morgan fingerprint density at radius 3 is 2.71 bits per heavy atom. The molecule has 2 N–H and O–H groups in total. The lowest BCUT2D eigenvalue weighted by Crippen LogP contribution is -2.37. The zero-order chi connectivity index (χ0) is 15.2. The Kier molecular flexibility index (Phi) is 5.33. The monoisotopic (exact) mass is 290 g/mol. The molecule has 114 valence electrons. The fourth-order valence-electron chi connectivity index (χ4n) is 3.01. The zero-order valence-corrected chi connectivity index (χ0v) is 12.3. The second-order valence-corrected chi connectivity index (χ2v) is 5.46. The molecule has 0 aliphatic carbocycles. The predicted octanol–water partition coefficient (Wildman–Crippen LogP) is 1.28. The van der Waals surface area contributed by atoms with Gasteiger partial charge in [-0.3, -0.25) is 9.59 Å². The molecule has 1 amide bonds. The molecule has 0 bridgehead atoms. The number of likely N-dealkylation sites (tertiary alicyclic amines) is 1. The summed E-state index contributed by atoms with van der Waals surface area (Å²) < 4.78 is 0. The van der Waals surface area contributed by atoms with Gasteiger partial charge in [0, 0.05) is 32.0 Å². The minimum atomic E-state index is -0.833. The molecule has 0 aromatic heterocycles. The topological polar surface area (TPSA) is 69.6 Å². The molecule has 0 spiro atoms. The summed E-state index contributed by atoms with van der Waals surface area (Å²) in [6.07, 6.45) is 2.78. The van der Waals surface area contributed by atoms with E-state index in [1.807, 2.05) is 6.07 Å². The van der Waals surface area contributed by atoms with E-state index in [9.17, 15) is 4.79 Å². The highest BCUT2D eigenvalue weighted by Crippen LogP contribution is 2.26. The number of nitrogens with zero attached hydrogens (tertiary/aromatic N) is 1. The first-order valence-electron chi connectivity index (χ1n) is 7.34. The van der Waals surface area contributed by atoms with Crippen LogP contribution in [-0.2, 0) is 16.0 Å². The number of hydrogen-bond acceptors (Lipinski definition) is 3. The Labute approximate surface area is 125 Å². The van der Waals surface area contributed by atoms with E-state index in [0.717, 1.165) is 32.9 Å². The molecule has 0 unspecified atom stereocenters. The molecule has 0 radical (unpaired) electrons. The normalized spacial score (nSPS) is 23.5. The minimum absolute atomic E-state index is 0.322. The van der Waals surface area contributed by atoms with Gasteiger partial charge in [-0.25, -0.2) is 0 Å². The molecule has 2 atom stereocenters. The fourth-order valence-corrected chi connectivity index (χ4v) is 3.01. The number of amides is 1. The van der Waals surface area contributed by atoms with Crippen molar-refractivity contribution < 1.29 is 14.7 Å². The van der Waals surface area contributed by atoms with Crippen LogP contribution in [0.2, 0.25) is 0 Å². The van der Waals surface area contributed by atoms with Crippen molar-refractivity contribution in [2.75, 3.05) is 13.1 Å². The van der Waals surface area contributed by atoms with Crippen LogP contribution >= 0.6 is 0 Å². The van der Waals surface area contributed by atoms with Gasteiger partial charge in [-0.05, 0) is 24.9 Å². The standard InChI is InChI=1S/C14H18N2O.C2H4O2/c17-14-10-12-13(6-8-15-12)16(14)9-7-11-4-2-1-3-5-11;1-2(3)4/h1-5,12-13,15H,6-10H2;1H3,(H,3,4)/t12-,13-;/m1./s1. The van der Waals surface area contributed by atoms with Gasteiger partial charge in [-0.2, -0.15) is 0 Å². The van der Waals surface area contributed by atoms with Gasteiger partial charge < -0.3 is 15.3 Å². The van der Waals surface area contributed by atoms with Gasteiger partial charge in [0.2, 0.25) is 5.91 Å². The van der Waals surface area contributed by atoms with E-state index in [4.69, 9.17) is 9.90 Å². The largest absolute Gasteiger partial charge is 0.481 e. The van der Waals surface area contributed by atoms with Crippen LogP contribution in [0.25, 0.3) is 0 Å². The van der Waals surface area contributed by atoms with Gasteiger partial charge in [0.25, 0.3) is 5.97 Å². The van der Waals surface area contributed by atoms with Gasteiger partial charge in [-0.15, -0.1) is 0 Å². The molecule has 21 heavy (non-hydrogen) atoms. The summed E-state index contributed by atoms with van der Waals surface area (Å²) in [6.45, 7) is 3.01. The van der Waals surface area contributed by atoms with E-state index in [1.165, 1.54) is 5.56 Å². The molecule has 3 rings (SSSR count). The maximum Gasteiger partial charge on any atom is 0.300 e. The Morgan fingerprint density at radius 2 is 2.05 bits per heavy atom. The number of nitrogens with one attached hydrogen (secondary N) is 1. The van der Waals surface area contributed by atoms with Gasteiger partial charge in [-0.1, -0.05) is 30.3 Å². The van der Waals surface area contributed by atoms with Crippen LogP contribution in [-0.4, -0.2) is 47.1 Å². The maximum absolute atomic E-state index is 11.9. The highest BCUT2D eigenvalue weighted by Gasteiger charge is 2.41. The number of rotatable bonds is 3. The van der Waals surface area contributed by atoms with Crippen molar-refractivity contribution in [3.05, 3.63) is 35.9 Å². The van der Waals surface area contributed by atoms with E-state index in [-0.39, 0.29) is 0 Å². The summed E-state index contributed by atoms with van der Waals surface area (Å²) >= 11 is 0. The molecule has 2 fully saturated rings. The molecule has 2 aliphatic heterocycles. The third-order valence-electron chi connectivity index (χ3n) is 3.91. The average Bonchev–Trinajstić information content (AvgIpc) is 2.98. The van der Waals surface area contributed by atoms with Crippen LogP contribution in [0.15, 0.2) is 30.3 Å². The van der Waals surface area contributed by atoms with Gasteiger partial charge in [0.15, 0.2) is 0 Å². The van der Waals surface area contributed by atoms with Crippen molar-refractivity contribution >= 4 is 11.9 Å². The van der Waals surface area contributed by atoms with E-state index in [2.05, 4.69) is 34.5 Å². The summed E-state index contributed by atoms with van der Waals surface area (Å²) in [4.78, 5) is 23.0. The fraction of sp³-hybridized carbons (Fsp3) is 0.500. The van der Waals surface area contributed by atoms with E-state index < -0.39 is 5.97 Å². The Hall–Kier alpha value is -1.88. The number of hydrogen-bond donors (Lipinski definition) is 2. The van der Waals surface area contributed by atoms with E-state index >= 15 is 0 Å². The molecule has 5 nitrogen and oxygen atoms in total. The highest BCUT2D eigenvalue weighted by molar-refractivity contribution is 5.80. The lowest BCUT2D eigenvalue weighted by atomic mass is 10.1. The number of carbonyl (C=O) groups is 2. The van der Waals surface area contributed by atoms with Crippen molar-refractivity contribution in [2.45, 2.75) is 38.3 Å². The van der Waals surface area contributed by atoms with Crippen LogP contribution < -0.4 is 5.32 Å².